The fourth-order valence-electron chi connectivity index (χ4n) is 1.79. The minimum atomic E-state index is -0.486. The third-order valence-corrected chi connectivity index (χ3v) is 2.55. The summed E-state index contributed by atoms with van der Waals surface area (Å²) in [5.74, 6) is 0.441. The molecule has 14 heavy (non-hydrogen) atoms. The number of rotatable bonds is 4. The first-order valence-corrected chi connectivity index (χ1v) is 5.28. The second-order valence-electron chi connectivity index (χ2n) is 4.01. The first kappa shape index (κ1) is 11.5. The Morgan fingerprint density at radius 3 is 2.93 bits per heavy atom. The Morgan fingerprint density at radius 1 is 1.71 bits per heavy atom. The van der Waals surface area contributed by atoms with E-state index >= 15 is 0 Å². The summed E-state index contributed by atoms with van der Waals surface area (Å²) in [4.78, 5) is 13.5. The fraction of sp³-hybridized carbons (Fsp3) is 0.900. The van der Waals surface area contributed by atoms with Crippen LogP contribution < -0.4 is 5.73 Å². The number of nitrogens with zero attached hydrogens (tertiary/aromatic N) is 1. The summed E-state index contributed by atoms with van der Waals surface area (Å²) in [7, 11) is 0. The van der Waals surface area contributed by atoms with E-state index in [4.69, 9.17) is 10.5 Å². The molecule has 2 N–H and O–H groups in total. The standard InChI is InChI=1S/C10H20N2O2/c1-3-14-10(13)9(11)7-12-5-4-8(2)6-12/h8-9H,3-7,11H2,1-2H3. The van der Waals surface area contributed by atoms with Gasteiger partial charge in [0, 0.05) is 13.1 Å². The van der Waals surface area contributed by atoms with E-state index in [2.05, 4.69) is 11.8 Å². The number of hydrogen-bond acceptors (Lipinski definition) is 4. The number of carbonyl (C=O) groups excluding carboxylic acids is 1. The molecule has 0 amide bonds. The van der Waals surface area contributed by atoms with Crippen molar-refractivity contribution in [1.82, 2.24) is 4.90 Å². The largest absolute Gasteiger partial charge is 0.465 e. The zero-order chi connectivity index (χ0) is 10.6. The van der Waals surface area contributed by atoms with Crippen LogP contribution in [0.15, 0.2) is 0 Å². The third kappa shape index (κ3) is 3.27. The average molecular weight is 200 g/mol. The summed E-state index contributed by atoms with van der Waals surface area (Å²) in [6, 6.07) is -0.486. The van der Waals surface area contributed by atoms with Crippen molar-refractivity contribution in [3.05, 3.63) is 0 Å². The van der Waals surface area contributed by atoms with Gasteiger partial charge in [-0.05, 0) is 25.8 Å². The molecule has 1 fully saturated rings. The van der Waals surface area contributed by atoms with Crippen LogP contribution in [0.3, 0.4) is 0 Å². The highest BCUT2D eigenvalue weighted by Gasteiger charge is 2.23. The van der Waals surface area contributed by atoms with Gasteiger partial charge in [-0.1, -0.05) is 6.92 Å². The van der Waals surface area contributed by atoms with Crippen molar-refractivity contribution in [2.75, 3.05) is 26.2 Å². The number of carbonyl (C=O) groups is 1. The average Bonchev–Trinajstić information content (AvgIpc) is 2.51. The lowest BCUT2D eigenvalue weighted by molar-refractivity contribution is -0.145. The van der Waals surface area contributed by atoms with E-state index < -0.39 is 6.04 Å². The molecule has 0 radical (unpaired) electrons. The van der Waals surface area contributed by atoms with Crippen LogP contribution in [0.1, 0.15) is 20.3 Å². The van der Waals surface area contributed by atoms with Gasteiger partial charge in [0.1, 0.15) is 6.04 Å². The van der Waals surface area contributed by atoms with Gasteiger partial charge in [-0.15, -0.1) is 0 Å². The molecule has 1 aliphatic rings. The number of nitrogens with two attached hydrogens (primary N) is 1. The van der Waals surface area contributed by atoms with Crippen molar-refractivity contribution in [1.29, 1.82) is 0 Å². The minimum Gasteiger partial charge on any atom is -0.465 e. The van der Waals surface area contributed by atoms with Crippen molar-refractivity contribution < 1.29 is 9.53 Å². The maximum atomic E-state index is 11.2. The minimum absolute atomic E-state index is 0.285. The highest BCUT2D eigenvalue weighted by molar-refractivity contribution is 5.75. The second-order valence-corrected chi connectivity index (χ2v) is 4.01. The summed E-state index contributed by atoms with van der Waals surface area (Å²) < 4.78 is 4.85. The normalized spacial score (nSPS) is 24.9. The molecule has 0 aliphatic carbocycles. The van der Waals surface area contributed by atoms with Gasteiger partial charge in [-0.2, -0.15) is 0 Å². The van der Waals surface area contributed by atoms with Gasteiger partial charge in [-0.3, -0.25) is 4.79 Å². The lowest BCUT2D eigenvalue weighted by Crippen LogP contribution is -2.42. The predicted molar refractivity (Wildman–Crippen MR) is 54.8 cm³/mol. The molecule has 0 aromatic carbocycles. The Bertz CT molecular complexity index is 197. The number of esters is 1. The molecular weight excluding hydrogens is 180 g/mol. The van der Waals surface area contributed by atoms with Crippen LogP contribution in [0.25, 0.3) is 0 Å². The number of likely N-dealkylation sites (tertiary alicyclic amines) is 1. The highest BCUT2D eigenvalue weighted by atomic mass is 16.5. The summed E-state index contributed by atoms with van der Waals surface area (Å²) in [6.45, 7) is 7.14. The molecule has 0 aromatic heterocycles. The summed E-state index contributed by atoms with van der Waals surface area (Å²) >= 11 is 0. The van der Waals surface area contributed by atoms with Gasteiger partial charge in [0.25, 0.3) is 0 Å². The molecule has 4 heteroatoms. The van der Waals surface area contributed by atoms with Crippen LogP contribution >= 0.6 is 0 Å². The lowest BCUT2D eigenvalue weighted by Gasteiger charge is -2.19. The van der Waals surface area contributed by atoms with Crippen LogP contribution in [0.4, 0.5) is 0 Å². The zero-order valence-corrected chi connectivity index (χ0v) is 9.03. The summed E-state index contributed by atoms with van der Waals surface area (Å²) in [5.41, 5.74) is 5.71. The quantitative estimate of drug-likeness (QED) is 0.659. The molecule has 0 bridgehead atoms. The van der Waals surface area contributed by atoms with Crippen molar-refractivity contribution >= 4 is 5.97 Å². The molecule has 0 saturated carbocycles. The lowest BCUT2D eigenvalue weighted by atomic mass is 10.2. The Kier molecular flexibility index (Phi) is 4.35. The Morgan fingerprint density at radius 2 is 2.43 bits per heavy atom. The maximum absolute atomic E-state index is 11.2. The number of hydrogen-bond donors (Lipinski definition) is 1. The molecule has 0 aromatic rings. The fourth-order valence-corrected chi connectivity index (χ4v) is 1.79. The first-order valence-electron chi connectivity index (χ1n) is 5.28. The highest BCUT2D eigenvalue weighted by Crippen LogP contribution is 2.14. The predicted octanol–water partition coefficient (Wildman–Crippen LogP) is 0.219. The van der Waals surface area contributed by atoms with E-state index in [1.807, 2.05) is 0 Å². The van der Waals surface area contributed by atoms with Crippen LogP contribution in [0.2, 0.25) is 0 Å². The van der Waals surface area contributed by atoms with Crippen LogP contribution in [0.5, 0.6) is 0 Å². The van der Waals surface area contributed by atoms with Gasteiger partial charge in [0.05, 0.1) is 6.61 Å². The van der Waals surface area contributed by atoms with Crippen LogP contribution in [0, 0.1) is 5.92 Å². The maximum Gasteiger partial charge on any atom is 0.324 e. The molecule has 1 heterocycles. The van der Waals surface area contributed by atoms with E-state index in [-0.39, 0.29) is 5.97 Å². The summed E-state index contributed by atoms with van der Waals surface area (Å²) in [6.07, 6.45) is 1.20. The van der Waals surface area contributed by atoms with E-state index in [0.29, 0.717) is 13.2 Å². The van der Waals surface area contributed by atoms with Crippen molar-refractivity contribution in [3.8, 4) is 0 Å². The molecule has 0 spiro atoms. The van der Waals surface area contributed by atoms with E-state index in [1.165, 1.54) is 6.42 Å². The Labute approximate surface area is 85.4 Å². The van der Waals surface area contributed by atoms with Gasteiger partial charge in [0.15, 0.2) is 0 Å². The molecule has 1 saturated heterocycles. The van der Waals surface area contributed by atoms with Crippen molar-refractivity contribution in [2.45, 2.75) is 26.3 Å². The second kappa shape index (κ2) is 5.32. The van der Waals surface area contributed by atoms with Gasteiger partial charge in [-0.25, -0.2) is 0 Å². The van der Waals surface area contributed by atoms with Crippen molar-refractivity contribution in [3.63, 3.8) is 0 Å². The molecule has 1 rings (SSSR count). The summed E-state index contributed by atoms with van der Waals surface area (Å²) in [5, 5.41) is 0. The van der Waals surface area contributed by atoms with E-state index in [0.717, 1.165) is 19.0 Å². The van der Waals surface area contributed by atoms with E-state index in [9.17, 15) is 4.79 Å². The van der Waals surface area contributed by atoms with E-state index in [1.54, 1.807) is 6.92 Å². The molecule has 2 atom stereocenters. The Balaban J connectivity index is 2.26. The zero-order valence-electron chi connectivity index (χ0n) is 9.03. The SMILES string of the molecule is CCOC(=O)C(N)CN1CCC(C)C1. The van der Waals surface area contributed by atoms with Gasteiger partial charge >= 0.3 is 5.97 Å². The Hall–Kier alpha value is -0.610. The monoisotopic (exact) mass is 200 g/mol. The number of ether oxygens (including phenoxy) is 1. The van der Waals surface area contributed by atoms with Gasteiger partial charge in [0.2, 0.25) is 0 Å². The molecule has 82 valence electrons. The third-order valence-electron chi connectivity index (χ3n) is 2.55. The molecule has 4 nitrogen and oxygen atoms in total. The van der Waals surface area contributed by atoms with Crippen LogP contribution in [-0.4, -0.2) is 43.2 Å². The molecular formula is C10H20N2O2. The topological polar surface area (TPSA) is 55.6 Å². The van der Waals surface area contributed by atoms with Crippen molar-refractivity contribution in [2.24, 2.45) is 11.7 Å². The molecule has 1 aliphatic heterocycles. The smallest absolute Gasteiger partial charge is 0.324 e. The van der Waals surface area contributed by atoms with Crippen LogP contribution in [-0.2, 0) is 9.53 Å². The first-order chi connectivity index (χ1) is 6.63. The van der Waals surface area contributed by atoms with Gasteiger partial charge < -0.3 is 15.4 Å². The molecule has 2 unspecified atom stereocenters.